The van der Waals surface area contributed by atoms with Gasteiger partial charge in [-0.15, -0.1) is 0 Å². The maximum absolute atomic E-state index is 12.7. The van der Waals surface area contributed by atoms with Crippen LogP contribution >= 0.6 is 11.6 Å². The third-order valence-corrected chi connectivity index (χ3v) is 6.00. The van der Waals surface area contributed by atoms with Crippen molar-refractivity contribution in [3.05, 3.63) is 59.1 Å². The van der Waals surface area contributed by atoms with Crippen molar-refractivity contribution in [1.82, 2.24) is 10.0 Å². The highest BCUT2D eigenvalue weighted by Crippen LogP contribution is 2.24. The number of halogens is 1. The van der Waals surface area contributed by atoms with Crippen LogP contribution in [-0.4, -0.2) is 25.8 Å². The molecule has 30 heavy (non-hydrogen) atoms. The van der Waals surface area contributed by atoms with E-state index in [1.54, 1.807) is 57.2 Å². The van der Waals surface area contributed by atoms with Crippen LogP contribution in [0.3, 0.4) is 0 Å². The van der Waals surface area contributed by atoms with Crippen molar-refractivity contribution in [3.63, 3.8) is 0 Å². The van der Waals surface area contributed by atoms with E-state index in [4.69, 9.17) is 11.6 Å². The van der Waals surface area contributed by atoms with E-state index < -0.39 is 27.5 Å². The minimum absolute atomic E-state index is 0.0316. The summed E-state index contributed by atoms with van der Waals surface area (Å²) >= 11 is 5.91. The molecule has 0 aliphatic rings. The zero-order valence-corrected chi connectivity index (χ0v) is 18.9. The summed E-state index contributed by atoms with van der Waals surface area (Å²) in [6, 6.07) is 12.4. The number of para-hydroxylation sites is 1. The summed E-state index contributed by atoms with van der Waals surface area (Å²) < 4.78 is 28.1. The highest BCUT2D eigenvalue weighted by molar-refractivity contribution is 7.89. The molecule has 0 radical (unpaired) electrons. The van der Waals surface area contributed by atoms with E-state index in [9.17, 15) is 18.0 Å². The van der Waals surface area contributed by atoms with E-state index in [-0.39, 0.29) is 22.9 Å². The Morgan fingerprint density at radius 1 is 1.03 bits per heavy atom. The molecule has 2 amide bonds. The highest BCUT2D eigenvalue weighted by Gasteiger charge is 2.25. The average molecular weight is 452 g/mol. The number of hydrogen-bond acceptors (Lipinski definition) is 4. The van der Waals surface area contributed by atoms with Crippen LogP contribution in [0.25, 0.3) is 0 Å². The summed E-state index contributed by atoms with van der Waals surface area (Å²) in [5.74, 6) is -0.734. The Morgan fingerprint density at radius 2 is 1.63 bits per heavy atom. The van der Waals surface area contributed by atoms with Gasteiger partial charge in [-0.1, -0.05) is 35.9 Å². The minimum atomic E-state index is -3.85. The fraction of sp³-hybridized carbons (Fsp3) is 0.333. The smallest absolute Gasteiger partial charge is 0.243 e. The van der Waals surface area contributed by atoms with Crippen molar-refractivity contribution in [1.29, 1.82) is 0 Å². The summed E-state index contributed by atoms with van der Waals surface area (Å²) in [5.41, 5.74) is 0.193. The Hall–Kier alpha value is -2.42. The van der Waals surface area contributed by atoms with Crippen molar-refractivity contribution in [2.75, 3.05) is 5.32 Å². The predicted octanol–water partition coefficient (Wildman–Crippen LogP) is 3.62. The Kier molecular flexibility index (Phi) is 7.63. The van der Waals surface area contributed by atoms with E-state index in [1.807, 2.05) is 0 Å². The lowest BCUT2D eigenvalue weighted by Crippen LogP contribution is -2.40. The molecule has 0 spiro atoms. The molecule has 162 valence electrons. The molecule has 1 unspecified atom stereocenters. The quantitative estimate of drug-likeness (QED) is 0.597. The van der Waals surface area contributed by atoms with Gasteiger partial charge in [-0.2, -0.15) is 0 Å². The van der Waals surface area contributed by atoms with E-state index in [0.717, 1.165) is 0 Å². The Bertz CT molecular complexity index is 1020. The Balaban J connectivity index is 2.24. The fourth-order valence-corrected chi connectivity index (χ4v) is 4.55. The number of amides is 2. The van der Waals surface area contributed by atoms with Crippen molar-refractivity contribution in [2.45, 2.75) is 50.6 Å². The van der Waals surface area contributed by atoms with Gasteiger partial charge in [0.2, 0.25) is 21.8 Å². The normalized spacial score (nSPS) is 12.8. The number of sulfonamides is 1. The molecule has 7 nitrogen and oxygen atoms in total. The lowest BCUT2D eigenvalue weighted by atomic mass is 10.0. The Morgan fingerprint density at radius 3 is 2.20 bits per heavy atom. The molecule has 0 heterocycles. The summed E-state index contributed by atoms with van der Waals surface area (Å²) in [4.78, 5) is 24.3. The molecule has 9 heteroatoms. The Labute approximate surface area is 182 Å². The van der Waals surface area contributed by atoms with Gasteiger partial charge in [0.15, 0.2) is 0 Å². The van der Waals surface area contributed by atoms with Crippen LogP contribution in [0.5, 0.6) is 0 Å². The SMILES string of the molecule is CC(=O)NC(CC(=O)Nc1ccccc1S(=O)(=O)NC(C)(C)C)c1ccc(Cl)cc1. The summed E-state index contributed by atoms with van der Waals surface area (Å²) in [6.07, 6.45) is -0.0811. The zero-order chi connectivity index (χ0) is 22.5. The lowest BCUT2D eigenvalue weighted by Gasteiger charge is -2.22. The maximum atomic E-state index is 12.7. The molecular formula is C21H26ClN3O4S. The first-order chi connectivity index (χ1) is 13.9. The molecule has 0 saturated heterocycles. The van der Waals surface area contributed by atoms with Gasteiger partial charge < -0.3 is 10.6 Å². The van der Waals surface area contributed by atoms with Gasteiger partial charge >= 0.3 is 0 Å². The van der Waals surface area contributed by atoms with Crippen LogP contribution < -0.4 is 15.4 Å². The van der Waals surface area contributed by atoms with Crippen molar-refractivity contribution < 1.29 is 18.0 Å². The monoisotopic (exact) mass is 451 g/mol. The van der Waals surface area contributed by atoms with Gasteiger partial charge in [-0.25, -0.2) is 13.1 Å². The topological polar surface area (TPSA) is 104 Å². The van der Waals surface area contributed by atoms with Crippen LogP contribution in [0.4, 0.5) is 5.69 Å². The molecule has 2 aromatic carbocycles. The van der Waals surface area contributed by atoms with Crippen LogP contribution in [-0.2, 0) is 19.6 Å². The fourth-order valence-electron chi connectivity index (χ4n) is 2.84. The number of nitrogens with one attached hydrogen (secondary N) is 3. The molecule has 2 aromatic rings. The molecule has 3 N–H and O–H groups in total. The molecule has 2 rings (SSSR count). The van der Waals surface area contributed by atoms with Crippen molar-refractivity contribution in [3.8, 4) is 0 Å². The van der Waals surface area contributed by atoms with Crippen molar-refractivity contribution in [2.24, 2.45) is 0 Å². The summed E-state index contributed by atoms with van der Waals surface area (Å²) in [6.45, 7) is 6.56. The molecule has 0 aromatic heterocycles. The standard InChI is InChI=1S/C21H26ClN3O4S/c1-14(26)23-18(15-9-11-16(22)12-10-15)13-20(27)24-17-7-5-6-8-19(17)30(28,29)25-21(2,3)4/h5-12,18,25H,13H2,1-4H3,(H,23,26)(H,24,27). The number of carbonyl (C=O) groups is 2. The lowest BCUT2D eigenvalue weighted by molar-refractivity contribution is -0.120. The van der Waals surface area contributed by atoms with Gasteiger partial charge in [0.05, 0.1) is 18.2 Å². The maximum Gasteiger partial charge on any atom is 0.243 e. The first kappa shape index (κ1) is 23.9. The second-order valence-electron chi connectivity index (χ2n) is 7.91. The highest BCUT2D eigenvalue weighted by atomic mass is 35.5. The number of carbonyl (C=O) groups excluding carboxylic acids is 2. The van der Waals surface area contributed by atoms with Gasteiger partial charge in [0, 0.05) is 17.5 Å². The third kappa shape index (κ3) is 7.12. The molecule has 0 fully saturated rings. The number of rotatable bonds is 7. The summed E-state index contributed by atoms with van der Waals surface area (Å²) in [7, 11) is -3.85. The number of benzene rings is 2. The molecule has 0 saturated carbocycles. The van der Waals surface area contributed by atoms with E-state index >= 15 is 0 Å². The predicted molar refractivity (Wildman–Crippen MR) is 118 cm³/mol. The first-order valence-corrected chi connectivity index (χ1v) is 11.2. The van der Waals surface area contributed by atoms with E-state index in [0.29, 0.717) is 10.6 Å². The third-order valence-electron chi connectivity index (χ3n) is 3.93. The second kappa shape index (κ2) is 9.59. The molecule has 1 atom stereocenters. The summed E-state index contributed by atoms with van der Waals surface area (Å²) in [5, 5.41) is 5.92. The van der Waals surface area contributed by atoms with Crippen LogP contribution in [0.1, 0.15) is 45.7 Å². The van der Waals surface area contributed by atoms with Crippen LogP contribution in [0.2, 0.25) is 5.02 Å². The molecule has 0 aliphatic heterocycles. The molecule has 0 bridgehead atoms. The zero-order valence-electron chi connectivity index (χ0n) is 17.3. The first-order valence-electron chi connectivity index (χ1n) is 9.33. The average Bonchev–Trinajstić information content (AvgIpc) is 2.59. The van der Waals surface area contributed by atoms with Gasteiger partial charge in [-0.05, 0) is 50.6 Å². The second-order valence-corrected chi connectivity index (χ2v) is 10.00. The largest absolute Gasteiger partial charge is 0.349 e. The van der Waals surface area contributed by atoms with Crippen LogP contribution in [0.15, 0.2) is 53.4 Å². The number of hydrogen-bond donors (Lipinski definition) is 3. The number of anilines is 1. The molecule has 0 aliphatic carbocycles. The van der Waals surface area contributed by atoms with Gasteiger partial charge in [0.1, 0.15) is 4.90 Å². The van der Waals surface area contributed by atoms with Gasteiger partial charge in [-0.3, -0.25) is 9.59 Å². The van der Waals surface area contributed by atoms with Gasteiger partial charge in [0.25, 0.3) is 0 Å². The van der Waals surface area contributed by atoms with E-state index in [2.05, 4.69) is 15.4 Å². The van der Waals surface area contributed by atoms with Crippen molar-refractivity contribution >= 4 is 39.1 Å². The van der Waals surface area contributed by atoms with Crippen LogP contribution in [0, 0.1) is 0 Å². The van der Waals surface area contributed by atoms with E-state index in [1.165, 1.54) is 19.1 Å². The minimum Gasteiger partial charge on any atom is -0.349 e. The molecular weight excluding hydrogens is 426 g/mol.